The first-order valence-corrected chi connectivity index (χ1v) is 12.8. The van der Waals surface area contributed by atoms with Crippen molar-refractivity contribution in [3.05, 3.63) is 52.7 Å². The van der Waals surface area contributed by atoms with Crippen molar-refractivity contribution in [1.29, 1.82) is 5.26 Å². The van der Waals surface area contributed by atoms with Crippen molar-refractivity contribution in [1.82, 2.24) is 9.29 Å². The Balaban J connectivity index is 1.93. The molecule has 3 rings (SSSR count). The summed E-state index contributed by atoms with van der Waals surface area (Å²) in [5.41, 5.74) is 3.53. The van der Waals surface area contributed by atoms with Crippen molar-refractivity contribution < 1.29 is 8.42 Å². The largest absolute Gasteiger partial charge is 0.354 e. The molecular weight excluding hydrogens is 420 g/mol. The fourth-order valence-electron chi connectivity index (χ4n) is 4.11. The molecule has 6 nitrogen and oxygen atoms in total. The molecule has 1 aromatic carbocycles. The van der Waals surface area contributed by atoms with E-state index >= 15 is 0 Å². The van der Waals surface area contributed by atoms with Crippen molar-refractivity contribution in [2.75, 3.05) is 31.1 Å². The van der Waals surface area contributed by atoms with E-state index < -0.39 is 10.0 Å². The summed E-state index contributed by atoms with van der Waals surface area (Å²) in [4.78, 5) is 6.92. The third-order valence-corrected chi connectivity index (χ3v) is 8.15. The second-order valence-corrected chi connectivity index (χ2v) is 11.3. The van der Waals surface area contributed by atoms with Gasteiger partial charge < -0.3 is 4.90 Å². The topological polar surface area (TPSA) is 77.3 Å². The van der Waals surface area contributed by atoms with Crippen LogP contribution in [0.15, 0.2) is 35.4 Å². The Morgan fingerprint density at radius 3 is 1.88 bits per heavy atom. The van der Waals surface area contributed by atoms with Gasteiger partial charge in [-0.1, -0.05) is 53.7 Å². The molecule has 0 unspecified atom stereocenters. The van der Waals surface area contributed by atoms with Crippen LogP contribution in [0.4, 0.5) is 5.82 Å². The van der Waals surface area contributed by atoms with Gasteiger partial charge in [0.25, 0.3) is 0 Å². The van der Waals surface area contributed by atoms with Crippen LogP contribution in [0.25, 0.3) is 0 Å². The normalized spacial score (nSPS) is 15.6. The van der Waals surface area contributed by atoms with Crippen LogP contribution in [0.1, 0.15) is 81.5 Å². The van der Waals surface area contributed by atoms with Gasteiger partial charge in [-0.15, -0.1) is 0 Å². The quantitative estimate of drug-likeness (QED) is 0.624. The van der Waals surface area contributed by atoms with Crippen LogP contribution in [-0.2, 0) is 10.0 Å². The van der Waals surface area contributed by atoms with Gasteiger partial charge in [0.15, 0.2) is 0 Å². The highest BCUT2D eigenvalue weighted by Crippen LogP contribution is 2.37. The molecule has 0 saturated carbocycles. The Hall–Kier alpha value is -2.43. The van der Waals surface area contributed by atoms with Crippen LogP contribution >= 0.6 is 0 Å². The molecule has 1 aromatic heterocycles. The highest BCUT2D eigenvalue weighted by Gasteiger charge is 2.34. The number of aromatic nitrogens is 1. The van der Waals surface area contributed by atoms with Crippen molar-refractivity contribution >= 4 is 15.8 Å². The Bertz CT molecular complexity index is 1060. The number of sulfonamides is 1. The molecule has 0 N–H and O–H groups in total. The zero-order valence-electron chi connectivity index (χ0n) is 20.0. The molecule has 2 heterocycles. The van der Waals surface area contributed by atoms with Crippen molar-refractivity contribution in [3.8, 4) is 6.07 Å². The van der Waals surface area contributed by atoms with Gasteiger partial charge in [0.2, 0.25) is 10.0 Å². The molecule has 7 heteroatoms. The van der Waals surface area contributed by atoms with Gasteiger partial charge in [0, 0.05) is 32.4 Å². The van der Waals surface area contributed by atoms with Gasteiger partial charge in [-0.25, -0.2) is 13.4 Å². The number of hydrogen-bond acceptors (Lipinski definition) is 5. The van der Waals surface area contributed by atoms with Crippen LogP contribution in [0.3, 0.4) is 0 Å². The minimum atomic E-state index is -3.63. The first-order chi connectivity index (χ1) is 15.1. The maximum Gasteiger partial charge on any atom is 0.243 e. The average molecular weight is 455 g/mol. The molecule has 1 aliphatic heterocycles. The van der Waals surface area contributed by atoms with Crippen molar-refractivity contribution in [2.45, 2.75) is 64.2 Å². The molecule has 0 atom stereocenters. The minimum Gasteiger partial charge on any atom is -0.354 e. The highest BCUT2D eigenvalue weighted by atomic mass is 32.2. The molecule has 1 fully saturated rings. The standard InChI is InChI=1S/C25H34N4O2S/c1-17(2)21-13-22(18(3)4)25(23(14-21)19(5)6)32(30,31)29-11-9-28(10-12-29)24-8-7-20(15-26)16-27-24/h7-8,13-14,16-19H,9-12H2,1-6H3. The smallest absolute Gasteiger partial charge is 0.243 e. The number of rotatable bonds is 6. The van der Waals surface area contributed by atoms with Gasteiger partial charge in [0.1, 0.15) is 11.9 Å². The molecule has 0 aliphatic carbocycles. The lowest BCUT2D eigenvalue weighted by atomic mass is 9.89. The van der Waals surface area contributed by atoms with E-state index in [1.807, 2.05) is 6.07 Å². The molecule has 172 valence electrons. The molecule has 0 spiro atoms. The maximum absolute atomic E-state index is 13.9. The first kappa shape index (κ1) is 24.2. The third-order valence-electron chi connectivity index (χ3n) is 6.12. The van der Waals surface area contributed by atoms with Gasteiger partial charge >= 0.3 is 0 Å². The van der Waals surface area contributed by atoms with Crippen LogP contribution in [0, 0.1) is 11.3 Å². The summed E-state index contributed by atoms with van der Waals surface area (Å²) >= 11 is 0. The molecule has 0 amide bonds. The second-order valence-electron chi connectivity index (χ2n) is 9.40. The lowest BCUT2D eigenvalue weighted by molar-refractivity contribution is 0.382. The predicted molar refractivity (Wildman–Crippen MR) is 129 cm³/mol. The van der Waals surface area contributed by atoms with Crippen LogP contribution in [0.2, 0.25) is 0 Å². The average Bonchev–Trinajstić information content (AvgIpc) is 2.78. The molecule has 2 aromatic rings. The van der Waals surface area contributed by atoms with E-state index in [4.69, 9.17) is 5.26 Å². The Morgan fingerprint density at radius 1 is 0.906 bits per heavy atom. The van der Waals surface area contributed by atoms with E-state index in [2.05, 4.69) is 69.6 Å². The summed E-state index contributed by atoms with van der Waals surface area (Å²) in [6, 6.07) is 9.81. The van der Waals surface area contributed by atoms with E-state index in [9.17, 15) is 8.42 Å². The lowest BCUT2D eigenvalue weighted by Crippen LogP contribution is -2.49. The predicted octanol–water partition coefficient (Wildman–Crippen LogP) is 4.83. The highest BCUT2D eigenvalue weighted by molar-refractivity contribution is 7.89. The molecule has 1 aliphatic rings. The molecule has 0 bridgehead atoms. The summed E-state index contributed by atoms with van der Waals surface area (Å²) in [7, 11) is -3.63. The van der Waals surface area contributed by atoms with E-state index in [0.717, 1.165) is 16.9 Å². The minimum absolute atomic E-state index is 0.111. The fraction of sp³-hybridized carbons (Fsp3) is 0.520. The van der Waals surface area contributed by atoms with E-state index in [0.29, 0.717) is 42.6 Å². The second kappa shape index (κ2) is 9.60. The number of hydrogen-bond donors (Lipinski definition) is 0. The number of anilines is 1. The summed E-state index contributed by atoms with van der Waals surface area (Å²) in [5.74, 6) is 1.33. The van der Waals surface area contributed by atoms with Crippen LogP contribution in [0.5, 0.6) is 0 Å². The van der Waals surface area contributed by atoms with E-state index in [-0.39, 0.29) is 11.8 Å². The van der Waals surface area contributed by atoms with Gasteiger partial charge in [-0.3, -0.25) is 0 Å². The van der Waals surface area contributed by atoms with Gasteiger partial charge in [0.05, 0.1) is 10.5 Å². The van der Waals surface area contributed by atoms with Crippen LogP contribution in [-0.4, -0.2) is 43.9 Å². The number of pyridine rings is 1. The molecule has 32 heavy (non-hydrogen) atoms. The van der Waals surface area contributed by atoms with Gasteiger partial charge in [-0.2, -0.15) is 9.57 Å². The Labute approximate surface area is 192 Å². The summed E-state index contributed by atoms with van der Waals surface area (Å²) in [5, 5.41) is 8.96. The summed E-state index contributed by atoms with van der Waals surface area (Å²) in [6.07, 6.45) is 1.55. The summed E-state index contributed by atoms with van der Waals surface area (Å²) in [6.45, 7) is 14.5. The van der Waals surface area contributed by atoms with Crippen molar-refractivity contribution in [2.24, 2.45) is 0 Å². The van der Waals surface area contributed by atoms with E-state index in [1.165, 1.54) is 5.56 Å². The maximum atomic E-state index is 13.9. The number of piperazine rings is 1. The monoisotopic (exact) mass is 454 g/mol. The van der Waals surface area contributed by atoms with E-state index in [1.54, 1.807) is 16.6 Å². The SMILES string of the molecule is CC(C)c1cc(C(C)C)c(S(=O)(=O)N2CCN(c3ccc(C#N)cn3)CC2)c(C(C)C)c1. The Kier molecular flexibility index (Phi) is 7.26. The first-order valence-electron chi connectivity index (χ1n) is 11.3. The van der Waals surface area contributed by atoms with Crippen molar-refractivity contribution in [3.63, 3.8) is 0 Å². The number of nitrogens with zero attached hydrogens (tertiary/aromatic N) is 4. The fourth-order valence-corrected chi connectivity index (χ4v) is 6.20. The molecule has 0 radical (unpaired) electrons. The third kappa shape index (κ3) is 4.82. The van der Waals surface area contributed by atoms with Crippen LogP contribution < -0.4 is 4.90 Å². The molecular formula is C25H34N4O2S. The lowest BCUT2D eigenvalue weighted by Gasteiger charge is -2.36. The number of benzene rings is 1. The summed E-state index contributed by atoms with van der Waals surface area (Å²) < 4.78 is 29.4. The zero-order chi connectivity index (χ0) is 23.6. The van der Waals surface area contributed by atoms with Gasteiger partial charge in [-0.05, 0) is 46.6 Å². The molecule has 1 saturated heterocycles. The zero-order valence-corrected chi connectivity index (χ0v) is 20.8. The Morgan fingerprint density at radius 2 is 1.47 bits per heavy atom. The number of nitriles is 1.